The number of nitrogens with zero attached hydrogens (tertiary/aromatic N) is 1. The summed E-state index contributed by atoms with van der Waals surface area (Å²) in [7, 11) is 0. The van der Waals surface area contributed by atoms with Crippen LogP contribution in [-0.2, 0) is 0 Å². The van der Waals surface area contributed by atoms with Crippen LogP contribution in [0.1, 0.15) is 79.6 Å². The Bertz CT molecular complexity index is 914. The van der Waals surface area contributed by atoms with E-state index in [4.69, 9.17) is 5.41 Å². The van der Waals surface area contributed by atoms with Crippen LogP contribution in [-0.4, -0.2) is 23.0 Å². The summed E-state index contributed by atoms with van der Waals surface area (Å²) in [6.07, 6.45) is 16.9. The summed E-state index contributed by atoms with van der Waals surface area (Å²) in [5.74, 6) is 0.980. The minimum atomic E-state index is -0.520. The van der Waals surface area contributed by atoms with Gasteiger partial charge in [-0.05, 0) is 73.0 Å². The molecule has 33 heavy (non-hydrogen) atoms. The summed E-state index contributed by atoms with van der Waals surface area (Å²) in [6.45, 7) is 15.1. The van der Waals surface area contributed by atoms with Gasteiger partial charge in [-0.15, -0.1) is 0 Å². The lowest BCUT2D eigenvalue weighted by atomic mass is 9.62. The van der Waals surface area contributed by atoms with Crippen LogP contribution in [0.3, 0.4) is 0 Å². The summed E-state index contributed by atoms with van der Waals surface area (Å²) in [5, 5.41) is 21.5. The Morgan fingerprint density at radius 2 is 2.12 bits per heavy atom. The Hall–Kier alpha value is -2.07. The smallest absolute Gasteiger partial charge is 0.119 e. The van der Waals surface area contributed by atoms with E-state index in [1.165, 1.54) is 18.4 Å². The molecule has 0 heterocycles. The van der Waals surface area contributed by atoms with Gasteiger partial charge in [0, 0.05) is 17.5 Å². The Labute approximate surface area is 200 Å². The van der Waals surface area contributed by atoms with Gasteiger partial charge < -0.3 is 10.5 Å². The van der Waals surface area contributed by atoms with Crippen LogP contribution < -0.4 is 0 Å². The maximum Gasteiger partial charge on any atom is 0.119 e. The van der Waals surface area contributed by atoms with E-state index in [1.807, 2.05) is 6.08 Å². The number of aliphatic hydroxyl groups excluding tert-OH is 1. The minimum absolute atomic E-state index is 0.109. The van der Waals surface area contributed by atoms with Crippen molar-refractivity contribution in [2.24, 2.45) is 27.8 Å². The third-order valence-electron chi connectivity index (χ3n) is 8.12. The van der Waals surface area contributed by atoms with E-state index >= 15 is 0 Å². The number of aliphatic hydroxyl groups is 1. The van der Waals surface area contributed by atoms with E-state index in [0.717, 1.165) is 30.4 Å². The highest BCUT2D eigenvalue weighted by molar-refractivity contribution is 5.96. The molecular weight excluding hydrogens is 408 g/mol. The van der Waals surface area contributed by atoms with E-state index in [2.05, 4.69) is 70.7 Å². The number of hydrogen-bond acceptors (Lipinski definition) is 4. The van der Waals surface area contributed by atoms with E-state index in [-0.39, 0.29) is 10.8 Å². The van der Waals surface area contributed by atoms with Crippen molar-refractivity contribution in [3.05, 3.63) is 64.2 Å². The van der Waals surface area contributed by atoms with Gasteiger partial charge in [0.05, 0.1) is 6.10 Å². The average molecular weight is 451 g/mol. The molecule has 0 unspecified atom stereocenters. The zero-order valence-corrected chi connectivity index (χ0v) is 21.2. The molecule has 0 aromatic rings. The lowest BCUT2D eigenvalue weighted by Gasteiger charge is -2.42. The number of rotatable bonds is 6. The van der Waals surface area contributed by atoms with Gasteiger partial charge in [0.1, 0.15) is 6.04 Å². The molecule has 4 nitrogen and oxygen atoms in total. The topological polar surface area (TPSA) is 73.5 Å². The summed E-state index contributed by atoms with van der Waals surface area (Å²) >= 11 is 0. The molecule has 0 bridgehead atoms. The highest BCUT2D eigenvalue weighted by atomic mass is 16.3. The zero-order chi connectivity index (χ0) is 24.4. The number of hydrogen-bond donors (Lipinski definition) is 2. The Balaban J connectivity index is 1.73. The lowest BCUT2D eigenvalue weighted by molar-refractivity contribution is 0.151. The molecule has 0 spiro atoms. The van der Waals surface area contributed by atoms with Crippen molar-refractivity contribution in [2.75, 3.05) is 0 Å². The van der Waals surface area contributed by atoms with Crippen molar-refractivity contribution in [1.29, 1.82) is 5.41 Å². The second kappa shape index (κ2) is 10.0. The summed E-state index contributed by atoms with van der Waals surface area (Å²) in [5.41, 5.74) is 5.52. The predicted molar refractivity (Wildman–Crippen MR) is 138 cm³/mol. The normalized spacial score (nSPS) is 33.9. The number of nitroso groups, excluding NO2 is 1. The van der Waals surface area contributed by atoms with Crippen molar-refractivity contribution >= 4 is 5.71 Å². The van der Waals surface area contributed by atoms with Gasteiger partial charge in [-0.1, -0.05) is 81.8 Å². The molecule has 0 saturated heterocycles. The number of nitrogens with one attached hydrogen (secondary N) is 1. The molecular formula is C29H42N2O2. The highest BCUT2D eigenvalue weighted by Crippen LogP contribution is 2.57. The zero-order valence-electron chi connectivity index (χ0n) is 21.2. The first-order valence-electron chi connectivity index (χ1n) is 12.5. The average Bonchev–Trinajstić information content (AvgIpc) is 3.10. The molecule has 180 valence electrons. The molecule has 2 N–H and O–H groups in total. The second-order valence-corrected chi connectivity index (χ2v) is 11.6. The van der Waals surface area contributed by atoms with Crippen LogP contribution in [0.4, 0.5) is 0 Å². The van der Waals surface area contributed by atoms with Gasteiger partial charge in [0.25, 0.3) is 0 Å². The van der Waals surface area contributed by atoms with Gasteiger partial charge in [-0.25, -0.2) is 0 Å². The Kier molecular flexibility index (Phi) is 7.78. The lowest BCUT2D eigenvalue weighted by Crippen LogP contribution is -2.32. The molecule has 4 heteroatoms. The Morgan fingerprint density at radius 3 is 2.79 bits per heavy atom. The number of allylic oxidation sites excluding steroid dienone is 7. The van der Waals surface area contributed by atoms with E-state index in [0.29, 0.717) is 30.4 Å². The maximum absolute atomic E-state index is 11.1. The van der Waals surface area contributed by atoms with E-state index < -0.39 is 12.1 Å². The standard InChI is InChI=1S/C29H42N2O2/c1-19(9-7-11-27(30)28(3,4)5)24-14-15-25-21(10-8-16-29(24,25)6)12-13-22-17-23(32)18-26(31-33)20(22)2/h7,11-14,19,23,25-26,30,32H,2,8-10,15-18H2,1,3-6H3/b11-7+,21-12+,22-13-,30-27?/t19-,23+,25-,26-,29+/m0/s1. The maximum atomic E-state index is 11.1. The molecule has 3 aliphatic carbocycles. The molecule has 0 radical (unpaired) electrons. The summed E-state index contributed by atoms with van der Waals surface area (Å²) in [6, 6.07) is -0.511. The third-order valence-corrected chi connectivity index (χ3v) is 8.12. The van der Waals surface area contributed by atoms with E-state index in [9.17, 15) is 10.0 Å². The van der Waals surface area contributed by atoms with Crippen LogP contribution in [0.25, 0.3) is 0 Å². The minimum Gasteiger partial charge on any atom is -0.393 e. The first kappa shape index (κ1) is 25.6. The first-order valence-corrected chi connectivity index (χ1v) is 12.5. The molecule has 0 aliphatic heterocycles. The van der Waals surface area contributed by atoms with Crippen LogP contribution in [0.5, 0.6) is 0 Å². The monoisotopic (exact) mass is 450 g/mol. The van der Waals surface area contributed by atoms with Crippen molar-refractivity contribution in [3.63, 3.8) is 0 Å². The second-order valence-electron chi connectivity index (χ2n) is 11.6. The fourth-order valence-electron chi connectivity index (χ4n) is 5.95. The Morgan fingerprint density at radius 1 is 1.39 bits per heavy atom. The third kappa shape index (κ3) is 5.54. The van der Waals surface area contributed by atoms with Crippen LogP contribution in [0, 0.1) is 33.0 Å². The highest BCUT2D eigenvalue weighted by Gasteiger charge is 2.45. The van der Waals surface area contributed by atoms with Gasteiger partial charge >= 0.3 is 0 Å². The molecule has 0 amide bonds. The molecule has 5 atom stereocenters. The quantitative estimate of drug-likeness (QED) is 0.250. The van der Waals surface area contributed by atoms with E-state index in [1.54, 1.807) is 5.57 Å². The molecule has 3 rings (SSSR count). The molecule has 0 aromatic carbocycles. The van der Waals surface area contributed by atoms with Gasteiger partial charge in [-0.2, -0.15) is 4.91 Å². The fraction of sp³-hybridized carbons (Fsp3) is 0.621. The molecule has 3 aliphatic rings. The van der Waals surface area contributed by atoms with Crippen LogP contribution in [0.15, 0.2) is 64.4 Å². The summed E-state index contributed by atoms with van der Waals surface area (Å²) < 4.78 is 0. The van der Waals surface area contributed by atoms with Crippen molar-refractivity contribution in [3.8, 4) is 0 Å². The van der Waals surface area contributed by atoms with Crippen molar-refractivity contribution < 1.29 is 5.11 Å². The van der Waals surface area contributed by atoms with Gasteiger partial charge in [0.15, 0.2) is 0 Å². The first-order chi connectivity index (χ1) is 15.5. The number of fused-ring (bicyclic) bond motifs is 1. The molecule has 2 fully saturated rings. The van der Waals surface area contributed by atoms with Crippen LogP contribution >= 0.6 is 0 Å². The van der Waals surface area contributed by atoms with Crippen molar-refractivity contribution in [1.82, 2.24) is 0 Å². The fourth-order valence-corrected chi connectivity index (χ4v) is 5.95. The van der Waals surface area contributed by atoms with Crippen molar-refractivity contribution in [2.45, 2.75) is 91.7 Å². The SMILES string of the molecule is C=C1/C(=C\C=C2/CCC[C@]3(C)C([C@@H](C)C/C=C/C(=N)C(C)(C)C)=CC[C@@H]23)C[C@@H](O)C[C@@H]1N=O. The van der Waals surface area contributed by atoms with Gasteiger partial charge in [-0.3, -0.25) is 0 Å². The summed E-state index contributed by atoms with van der Waals surface area (Å²) in [4.78, 5) is 11.1. The van der Waals surface area contributed by atoms with Gasteiger partial charge in [0.2, 0.25) is 0 Å². The molecule has 0 aromatic heterocycles. The molecule has 2 saturated carbocycles. The predicted octanol–water partition coefficient (Wildman–Crippen LogP) is 7.47. The largest absolute Gasteiger partial charge is 0.393 e. The van der Waals surface area contributed by atoms with Crippen LogP contribution in [0.2, 0.25) is 0 Å².